The van der Waals surface area contributed by atoms with Crippen molar-refractivity contribution in [3.8, 4) is 0 Å². The number of hydrogen-bond donors (Lipinski definition) is 2. The molecule has 0 amide bonds. The second-order valence-corrected chi connectivity index (χ2v) is 7.18. The molecule has 0 fully saturated rings. The Labute approximate surface area is 126 Å². The van der Waals surface area contributed by atoms with E-state index in [1.165, 1.54) is 24.3 Å². The predicted octanol–water partition coefficient (Wildman–Crippen LogP) is 1.41. The van der Waals surface area contributed by atoms with Crippen LogP contribution in [-0.2, 0) is 20.2 Å². The zero-order valence-electron chi connectivity index (χ0n) is 10.9. The van der Waals surface area contributed by atoms with Crippen molar-refractivity contribution in [1.82, 2.24) is 0 Å². The number of benzene rings is 2. The molecule has 0 aromatic heterocycles. The number of carbonyl (C=O) groups excluding carboxylic acids is 1. The molecule has 0 atom stereocenters. The fourth-order valence-electron chi connectivity index (χ4n) is 1.76. The van der Waals surface area contributed by atoms with Crippen LogP contribution in [-0.4, -0.2) is 31.7 Å². The van der Waals surface area contributed by atoms with E-state index in [2.05, 4.69) is 0 Å². The minimum Gasteiger partial charge on any atom is -0.289 e. The molecule has 116 valence electrons. The van der Waals surface area contributed by atoms with Crippen molar-refractivity contribution >= 4 is 26.0 Å². The first-order valence-corrected chi connectivity index (χ1v) is 8.67. The van der Waals surface area contributed by atoms with Gasteiger partial charge in [-0.2, -0.15) is 16.8 Å². The average molecular weight is 342 g/mol. The van der Waals surface area contributed by atoms with E-state index in [0.29, 0.717) is 0 Å². The van der Waals surface area contributed by atoms with Crippen LogP contribution in [0, 0.1) is 0 Å². The summed E-state index contributed by atoms with van der Waals surface area (Å²) in [5.74, 6) is -0.656. The Kier molecular flexibility index (Phi) is 4.16. The third kappa shape index (κ3) is 3.57. The molecule has 0 saturated heterocycles. The van der Waals surface area contributed by atoms with E-state index in [1.54, 1.807) is 0 Å². The molecule has 22 heavy (non-hydrogen) atoms. The van der Waals surface area contributed by atoms with Crippen molar-refractivity contribution in [2.24, 2.45) is 0 Å². The van der Waals surface area contributed by atoms with E-state index in [-0.39, 0.29) is 11.1 Å². The molecule has 0 spiro atoms. The van der Waals surface area contributed by atoms with Crippen molar-refractivity contribution < 1.29 is 30.7 Å². The van der Waals surface area contributed by atoms with Gasteiger partial charge in [-0.3, -0.25) is 13.9 Å². The van der Waals surface area contributed by atoms with Crippen molar-refractivity contribution in [3.05, 3.63) is 59.7 Å². The minimum atomic E-state index is -4.46. The second-order valence-electron chi connectivity index (χ2n) is 4.33. The van der Waals surface area contributed by atoms with Gasteiger partial charge in [0.2, 0.25) is 0 Å². The van der Waals surface area contributed by atoms with E-state index in [9.17, 15) is 21.6 Å². The predicted molar refractivity (Wildman–Crippen MR) is 75.9 cm³/mol. The lowest BCUT2D eigenvalue weighted by Crippen LogP contribution is -2.06. The van der Waals surface area contributed by atoms with Crippen LogP contribution in [0.1, 0.15) is 15.9 Å². The van der Waals surface area contributed by atoms with Crippen molar-refractivity contribution in [2.75, 3.05) is 0 Å². The third-order valence-corrected chi connectivity index (χ3v) is 4.49. The zero-order chi connectivity index (χ0) is 16.5. The van der Waals surface area contributed by atoms with Gasteiger partial charge >= 0.3 is 0 Å². The lowest BCUT2D eigenvalue weighted by atomic mass is 10.0. The summed E-state index contributed by atoms with van der Waals surface area (Å²) >= 11 is 0. The largest absolute Gasteiger partial charge is 0.294 e. The van der Waals surface area contributed by atoms with Crippen LogP contribution >= 0.6 is 0 Å². The van der Waals surface area contributed by atoms with E-state index in [0.717, 1.165) is 24.3 Å². The fourth-order valence-corrected chi connectivity index (χ4v) is 2.82. The first-order valence-electron chi connectivity index (χ1n) is 5.79. The Morgan fingerprint density at radius 1 is 0.727 bits per heavy atom. The van der Waals surface area contributed by atoms with Gasteiger partial charge in [-0.1, -0.05) is 24.3 Å². The Morgan fingerprint density at radius 3 is 1.41 bits per heavy atom. The molecule has 0 aliphatic heterocycles. The van der Waals surface area contributed by atoms with Gasteiger partial charge in [-0.25, -0.2) is 0 Å². The van der Waals surface area contributed by atoms with Gasteiger partial charge in [0.25, 0.3) is 20.2 Å². The SMILES string of the molecule is O=C(c1cccc(S(=O)(=O)O)c1)c1cccc(S(=O)(=O)O)c1. The Balaban J connectivity index is 2.50. The van der Waals surface area contributed by atoms with E-state index >= 15 is 0 Å². The van der Waals surface area contributed by atoms with Crippen LogP contribution in [0.25, 0.3) is 0 Å². The maximum absolute atomic E-state index is 12.3. The van der Waals surface area contributed by atoms with Gasteiger partial charge in [-0.05, 0) is 24.3 Å². The van der Waals surface area contributed by atoms with E-state index in [4.69, 9.17) is 9.11 Å². The zero-order valence-corrected chi connectivity index (χ0v) is 12.5. The first kappa shape index (κ1) is 16.3. The quantitative estimate of drug-likeness (QED) is 0.635. The molecule has 2 aromatic rings. The fraction of sp³-hybridized carbons (Fsp3) is 0. The molecule has 0 aliphatic carbocycles. The molecule has 2 rings (SSSR count). The summed E-state index contributed by atoms with van der Waals surface area (Å²) in [5, 5.41) is 0. The molecule has 0 aliphatic rings. The third-order valence-electron chi connectivity index (χ3n) is 2.79. The summed E-state index contributed by atoms with van der Waals surface area (Å²) in [6.45, 7) is 0. The summed E-state index contributed by atoms with van der Waals surface area (Å²) in [6, 6.07) is 9.33. The van der Waals surface area contributed by atoms with E-state index < -0.39 is 35.8 Å². The van der Waals surface area contributed by atoms with Gasteiger partial charge in [0.15, 0.2) is 5.78 Å². The van der Waals surface area contributed by atoms with Crippen molar-refractivity contribution in [3.63, 3.8) is 0 Å². The highest BCUT2D eigenvalue weighted by Gasteiger charge is 2.17. The molecule has 0 bridgehead atoms. The summed E-state index contributed by atoms with van der Waals surface area (Å²) in [4.78, 5) is 11.3. The van der Waals surface area contributed by atoms with Gasteiger partial charge < -0.3 is 0 Å². The molecular weight excluding hydrogens is 332 g/mol. The maximum atomic E-state index is 12.3. The molecule has 2 aromatic carbocycles. The summed E-state index contributed by atoms with van der Waals surface area (Å²) in [7, 11) is -8.92. The molecule has 9 heteroatoms. The van der Waals surface area contributed by atoms with Crippen LogP contribution in [0.15, 0.2) is 58.3 Å². The van der Waals surface area contributed by atoms with Gasteiger partial charge in [0, 0.05) is 11.1 Å². The Morgan fingerprint density at radius 2 is 1.09 bits per heavy atom. The number of rotatable bonds is 4. The summed E-state index contributed by atoms with van der Waals surface area (Å²) < 4.78 is 62.2. The highest BCUT2D eigenvalue weighted by molar-refractivity contribution is 7.86. The molecule has 0 saturated carbocycles. The lowest BCUT2D eigenvalue weighted by molar-refractivity contribution is 0.103. The molecular formula is C13H10O7S2. The van der Waals surface area contributed by atoms with Crippen LogP contribution in [0.5, 0.6) is 0 Å². The first-order chi connectivity index (χ1) is 10.1. The van der Waals surface area contributed by atoms with Crippen LogP contribution in [0.3, 0.4) is 0 Å². The summed E-state index contributed by atoms with van der Waals surface area (Å²) in [5.41, 5.74) is -0.106. The molecule has 0 unspecified atom stereocenters. The standard InChI is InChI=1S/C13H10O7S2/c14-13(9-3-1-5-11(7-9)21(15,16)17)10-4-2-6-12(8-10)22(18,19)20/h1-8H,(H,15,16,17)(H,18,19,20). The van der Waals surface area contributed by atoms with Crippen LogP contribution in [0.2, 0.25) is 0 Å². The summed E-state index contributed by atoms with van der Waals surface area (Å²) in [6.07, 6.45) is 0. The van der Waals surface area contributed by atoms with Gasteiger partial charge in [0.1, 0.15) is 0 Å². The molecule has 2 N–H and O–H groups in total. The molecule has 7 nitrogen and oxygen atoms in total. The normalized spacial score (nSPS) is 12.1. The monoisotopic (exact) mass is 342 g/mol. The Hall–Kier alpha value is -2.07. The highest BCUT2D eigenvalue weighted by atomic mass is 32.2. The van der Waals surface area contributed by atoms with Crippen LogP contribution in [0.4, 0.5) is 0 Å². The molecule has 0 radical (unpaired) electrons. The van der Waals surface area contributed by atoms with Gasteiger partial charge in [-0.15, -0.1) is 0 Å². The highest BCUT2D eigenvalue weighted by Crippen LogP contribution is 2.17. The maximum Gasteiger partial charge on any atom is 0.294 e. The smallest absolute Gasteiger partial charge is 0.289 e. The average Bonchev–Trinajstić information content (AvgIpc) is 2.45. The minimum absolute atomic E-state index is 0.0531. The van der Waals surface area contributed by atoms with Crippen molar-refractivity contribution in [2.45, 2.75) is 9.79 Å². The van der Waals surface area contributed by atoms with Gasteiger partial charge in [0.05, 0.1) is 9.79 Å². The van der Waals surface area contributed by atoms with Crippen molar-refractivity contribution in [1.29, 1.82) is 0 Å². The number of hydrogen-bond acceptors (Lipinski definition) is 5. The second kappa shape index (κ2) is 5.61. The number of ketones is 1. The number of carbonyl (C=O) groups is 1. The topological polar surface area (TPSA) is 126 Å². The lowest BCUT2D eigenvalue weighted by Gasteiger charge is -2.04. The Bertz CT molecular complexity index is 866. The van der Waals surface area contributed by atoms with E-state index in [1.807, 2.05) is 0 Å². The van der Waals surface area contributed by atoms with Crippen LogP contribution < -0.4 is 0 Å². The molecule has 0 heterocycles.